The standard InChI is InChI=1S/C18H23N3O3/c1-12-10-21(11-13(2)24-12)18(22)17-9-16(19-20(17)3)14-5-7-15(23-4)8-6-14/h5-9,12-13H,10-11H2,1-4H3. The SMILES string of the molecule is COc1ccc(-c2cc(C(=O)N3CC(C)OC(C)C3)n(C)n2)cc1. The van der Waals surface area contributed by atoms with Gasteiger partial charge in [0.05, 0.1) is 25.0 Å². The molecule has 2 aromatic rings. The topological polar surface area (TPSA) is 56.6 Å². The molecule has 0 saturated carbocycles. The molecule has 0 aliphatic carbocycles. The van der Waals surface area contributed by atoms with Crippen molar-refractivity contribution in [1.29, 1.82) is 0 Å². The van der Waals surface area contributed by atoms with Crippen LogP contribution in [0.25, 0.3) is 11.3 Å². The number of carbonyl (C=O) groups is 1. The molecule has 1 aliphatic rings. The molecular formula is C18H23N3O3. The molecule has 1 amide bonds. The molecule has 1 aliphatic heterocycles. The molecule has 2 unspecified atom stereocenters. The molecule has 0 spiro atoms. The van der Waals surface area contributed by atoms with E-state index in [0.717, 1.165) is 17.0 Å². The fourth-order valence-corrected chi connectivity index (χ4v) is 3.08. The van der Waals surface area contributed by atoms with E-state index >= 15 is 0 Å². The maximum atomic E-state index is 12.8. The Morgan fingerprint density at radius 1 is 1.21 bits per heavy atom. The molecule has 6 nitrogen and oxygen atoms in total. The number of nitrogens with zero attached hydrogens (tertiary/aromatic N) is 3. The largest absolute Gasteiger partial charge is 0.497 e. The molecule has 1 aromatic carbocycles. The van der Waals surface area contributed by atoms with Crippen molar-refractivity contribution in [3.05, 3.63) is 36.0 Å². The molecule has 1 fully saturated rings. The molecular weight excluding hydrogens is 306 g/mol. The minimum atomic E-state index is -0.00763. The molecule has 0 N–H and O–H groups in total. The lowest BCUT2D eigenvalue weighted by Crippen LogP contribution is -2.48. The zero-order valence-electron chi connectivity index (χ0n) is 14.5. The lowest BCUT2D eigenvalue weighted by molar-refractivity contribution is -0.0588. The number of rotatable bonds is 3. The van der Waals surface area contributed by atoms with Crippen molar-refractivity contribution in [2.75, 3.05) is 20.2 Å². The van der Waals surface area contributed by atoms with Crippen molar-refractivity contribution >= 4 is 5.91 Å². The van der Waals surface area contributed by atoms with Crippen molar-refractivity contribution in [3.8, 4) is 17.0 Å². The Hall–Kier alpha value is -2.34. The number of carbonyl (C=O) groups excluding carboxylic acids is 1. The third-order valence-electron chi connectivity index (χ3n) is 4.19. The van der Waals surface area contributed by atoms with Gasteiger partial charge < -0.3 is 14.4 Å². The Bertz CT molecular complexity index is 714. The highest BCUT2D eigenvalue weighted by atomic mass is 16.5. The summed E-state index contributed by atoms with van der Waals surface area (Å²) < 4.78 is 12.5. The van der Waals surface area contributed by atoms with E-state index in [1.165, 1.54) is 0 Å². The smallest absolute Gasteiger partial charge is 0.272 e. The third kappa shape index (κ3) is 3.28. The molecule has 128 valence electrons. The predicted molar refractivity (Wildman–Crippen MR) is 91.1 cm³/mol. The maximum absolute atomic E-state index is 12.8. The lowest BCUT2D eigenvalue weighted by Gasteiger charge is -2.35. The Morgan fingerprint density at radius 3 is 2.42 bits per heavy atom. The van der Waals surface area contributed by atoms with Crippen molar-refractivity contribution in [2.45, 2.75) is 26.1 Å². The van der Waals surface area contributed by atoms with Gasteiger partial charge in [0.25, 0.3) is 5.91 Å². The number of amides is 1. The highest BCUT2D eigenvalue weighted by Gasteiger charge is 2.28. The van der Waals surface area contributed by atoms with Crippen molar-refractivity contribution in [3.63, 3.8) is 0 Å². The van der Waals surface area contributed by atoms with Gasteiger partial charge in [0.15, 0.2) is 0 Å². The molecule has 1 aromatic heterocycles. The summed E-state index contributed by atoms with van der Waals surface area (Å²) in [6.07, 6.45) is 0.0963. The monoisotopic (exact) mass is 329 g/mol. The normalized spacial score (nSPS) is 20.9. The van der Waals surface area contributed by atoms with Gasteiger partial charge in [0.1, 0.15) is 11.4 Å². The second kappa shape index (κ2) is 6.65. The van der Waals surface area contributed by atoms with Crippen LogP contribution in [0.2, 0.25) is 0 Å². The summed E-state index contributed by atoms with van der Waals surface area (Å²) in [6.45, 7) is 5.18. The first-order valence-electron chi connectivity index (χ1n) is 8.11. The Labute approximate surface area is 142 Å². The van der Waals surface area contributed by atoms with Gasteiger partial charge in [-0.1, -0.05) is 0 Å². The van der Waals surface area contributed by atoms with Crippen LogP contribution >= 0.6 is 0 Å². The molecule has 2 atom stereocenters. The van der Waals surface area contributed by atoms with Crippen LogP contribution in [-0.2, 0) is 11.8 Å². The number of aromatic nitrogens is 2. The first kappa shape index (κ1) is 16.5. The first-order valence-corrected chi connectivity index (χ1v) is 8.11. The van der Waals surface area contributed by atoms with Gasteiger partial charge in [0, 0.05) is 25.7 Å². The summed E-state index contributed by atoms with van der Waals surface area (Å²) in [7, 11) is 3.43. The van der Waals surface area contributed by atoms with Gasteiger partial charge in [-0.05, 0) is 44.2 Å². The predicted octanol–water partition coefficient (Wildman–Crippen LogP) is 2.35. The maximum Gasteiger partial charge on any atom is 0.272 e. The number of hydrogen-bond donors (Lipinski definition) is 0. The fourth-order valence-electron chi connectivity index (χ4n) is 3.08. The zero-order chi connectivity index (χ0) is 17.3. The average Bonchev–Trinajstić information content (AvgIpc) is 2.95. The van der Waals surface area contributed by atoms with Gasteiger partial charge >= 0.3 is 0 Å². The molecule has 0 radical (unpaired) electrons. The zero-order valence-corrected chi connectivity index (χ0v) is 14.5. The summed E-state index contributed by atoms with van der Waals surface area (Å²) in [6, 6.07) is 9.49. The number of methoxy groups -OCH3 is 1. The Balaban J connectivity index is 1.84. The van der Waals surface area contributed by atoms with Crippen LogP contribution in [-0.4, -0.2) is 53.0 Å². The van der Waals surface area contributed by atoms with Gasteiger partial charge in [-0.15, -0.1) is 0 Å². The second-order valence-electron chi connectivity index (χ2n) is 6.23. The van der Waals surface area contributed by atoms with E-state index in [-0.39, 0.29) is 18.1 Å². The van der Waals surface area contributed by atoms with Gasteiger partial charge in [-0.2, -0.15) is 5.10 Å². The van der Waals surface area contributed by atoms with Crippen LogP contribution in [0.5, 0.6) is 5.75 Å². The second-order valence-corrected chi connectivity index (χ2v) is 6.23. The summed E-state index contributed by atoms with van der Waals surface area (Å²) in [5, 5.41) is 4.49. The van der Waals surface area contributed by atoms with Crippen molar-refractivity contribution < 1.29 is 14.3 Å². The van der Waals surface area contributed by atoms with Crippen LogP contribution in [0.3, 0.4) is 0 Å². The van der Waals surface area contributed by atoms with Crippen molar-refractivity contribution in [2.24, 2.45) is 7.05 Å². The average molecular weight is 329 g/mol. The highest BCUT2D eigenvalue weighted by molar-refractivity contribution is 5.93. The van der Waals surface area contributed by atoms with E-state index in [1.807, 2.05) is 49.1 Å². The lowest BCUT2D eigenvalue weighted by atomic mass is 10.1. The number of ether oxygens (including phenoxy) is 2. The number of aryl methyl sites for hydroxylation is 1. The fraction of sp³-hybridized carbons (Fsp3) is 0.444. The van der Waals surface area contributed by atoms with Crippen LogP contribution in [0.4, 0.5) is 0 Å². The third-order valence-corrected chi connectivity index (χ3v) is 4.19. The van der Waals surface area contributed by atoms with E-state index in [0.29, 0.717) is 18.8 Å². The molecule has 1 saturated heterocycles. The summed E-state index contributed by atoms with van der Waals surface area (Å²) >= 11 is 0. The minimum absolute atomic E-state index is 0.00763. The highest BCUT2D eigenvalue weighted by Crippen LogP contribution is 2.23. The van der Waals surface area contributed by atoms with Crippen LogP contribution < -0.4 is 4.74 Å². The summed E-state index contributed by atoms with van der Waals surface area (Å²) in [4.78, 5) is 14.7. The van der Waals surface area contributed by atoms with Crippen LogP contribution in [0.1, 0.15) is 24.3 Å². The van der Waals surface area contributed by atoms with E-state index in [9.17, 15) is 4.79 Å². The Morgan fingerprint density at radius 2 is 1.83 bits per heavy atom. The first-order chi connectivity index (χ1) is 11.5. The Kier molecular flexibility index (Phi) is 4.57. The van der Waals surface area contributed by atoms with Gasteiger partial charge in [-0.25, -0.2) is 0 Å². The minimum Gasteiger partial charge on any atom is -0.497 e. The molecule has 0 bridgehead atoms. The summed E-state index contributed by atoms with van der Waals surface area (Å²) in [5.41, 5.74) is 2.31. The van der Waals surface area contributed by atoms with Crippen LogP contribution in [0.15, 0.2) is 30.3 Å². The molecule has 24 heavy (non-hydrogen) atoms. The number of hydrogen-bond acceptors (Lipinski definition) is 4. The van der Waals surface area contributed by atoms with Gasteiger partial charge in [-0.3, -0.25) is 9.48 Å². The van der Waals surface area contributed by atoms with Gasteiger partial charge in [0.2, 0.25) is 0 Å². The van der Waals surface area contributed by atoms with Crippen molar-refractivity contribution in [1.82, 2.24) is 14.7 Å². The molecule has 3 rings (SSSR count). The van der Waals surface area contributed by atoms with E-state index < -0.39 is 0 Å². The van der Waals surface area contributed by atoms with Crippen LogP contribution in [0, 0.1) is 0 Å². The number of benzene rings is 1. The number of morpholine rings is 1. The molecule has 2 heterocycles. The van der Waals surface area contributed by atoms with E-state index in [1.54, 1.807) is 18.8 Å². The summed E-state index contributed by atoms with van der Waals surface area (Å²) in [5.74, 6) is 0.786. The van der Waals surface area contributed by atoms with E-state index in [2.05, 4.69) is 5.10 Å². The molecule has 6 heteroatoms. The van der Waals surface area contributed by atoms with E-state index in [4.69, 9.17) is 9.47 Å². The quantitative estimate of drug-likeness (QED) is 0.867.